The second kappa shape index (κ2) is 5.78. The summed E-state index contributed by atoms with van der Waals surface area (Å²) in [5.41, 5.74) is 9.26. The molecule has 0 saturated heterocycles. The van der Waals surface area contributed by atoms with E-state index in [0.717, 1.165) is 24.8 Å². The minimum absolute atomic E-state index is 0.00572. The monoisotopic (exact) mass is 300 g/mol. The molecule has 3 nitrogen and oxygen atoms in total. The number of aryl methyl sites for hydroxylation is 1. The van der Waals surface area contributed by atoms with Crippen molar-refractivity contribution in [3.05, 3.63) is 58.6 Å². The molecular formula is C17H17ClN2O. The van der Waals surface area contributed by atoms with Crippen LogP contribution in [0.3, 0.4) is 0 Å². The largest absolute Gasteiger partial charge is 0.399 e. The average Bonchev–Trinajstić information content (AvgIpc) is 2.49. The molecule has 2 aromatic rings. The third kappa shape index (κ3) is 2.88. The van der Waals surface area contributed by atoms with Crippen LogP contribution in [0, 0.1) is 0 Å². The first-order valence-electron chi connectivity index (χ1n) is 7.09. The first-order chi connectivity index (χ1) is 10.1. The van der Waals surface area contributed by atoms with Crippen LogP contribution in [0.5, 0.6) is 0 Å². The first kappa shape index (κ1) is 14.0. The molecule has 0 aliphatic heterocycles. The van der Waals surface area contributed by atoms with Gasteiger partial charge in [-0.15, -0.1) is 0 Å². The van der Waals surface area contributed by atoms with Crippen molar-refractivity contribution < 1.29 is 4.79 Å². The zero-order chi connectivity index (χ0) is 14.8. The lowest BCUT2D eigenvalue weighted by Crippen LogP contribution is -2.24. The number of hydrogen-bond donors (Lipinski definition) is 2. The minimum atomic E-state index is -0.108. The molecule has 108 valence electrons. The summed E-state index contributed by atoms with van der Waals surface area (Å²) in [6.45, 7) is 0. The zero-order valence-electron chi connectivity index (χ0n) is 11.6. The average molecular weight is 301 g/mol. The molecule has 1 unspecified atom stereocenters. The van der Waals surface area contributed by atoms with Gasteiger partial charge in [0.25, 0.3) is 0 Å². The van der Waals surface area contributed by atoms with Crippen molar-refractivity contribution in [3.63, 3.8) is 0 Å². The highest BCUT2D eigenvalue weighted by Gasteiger charge is 2.26. The highest BCUT2D eigenvalue weighted by molar-refractivity contribution is 6.34. The van der Waals surface area contributed by atoms with E-state index in [1.165, 1.54) is 5.56 Å². The summed E-state index contributed by atoms with van der Waals surface area (Å²) in [6, 6.07) is 13.3. The van der Waals surface area contributed by atoms with E-state index in [2.05, 4.69) is 11.4 Å². The van der Waals surface area contributed by atoms with Crippen molar-refractivity contribution in [3.8, 4) is 0 Å². The molecular weight excluding hydrogens is 284 g/mol. The number of rotatable bonds is 2. The Labute approximate surface area is 129 Å². The lowest BCUT2D eigenvalue weighted by molar-refractivity contribution is -0.117. The fraction of sp³-hybridized carbons (Fsp3) is 0.235. The van der Waals surface area contributed by atoms with E-state index in [1.54, 1.807) is 18.2 Å². The van der Waals surface area contributed by atoms with Crippen LogP contribution in [-0.4, -0.2) is 5.91 Å². The predicted molar refractivity (Wildman–Crippen MR) is 86.6 cm³/mol. The lowest BCUT2D eigenvalue weighted by Gasteiger charge is -2.24. The third-order valence-electron chi connectivity index (χ3n) is 3.94. The van der Waals surface area contributed by atoms with Gasteiger partial charge < -0.3 is 11.1 Å². The van der Waals surface area contributed by atoms with Crippen molar-refractivity contribution in [1.82, 2.24) is 0 Å². The van der Waals surface area contributed by atoms with Crippen LogP contribution in [0.15, 0.2) is 42.5 Å². The Kier molecular flexibility index (Phi) is 3.84. The lowest BCUT2D eigenvalue weighted by atomic mass is 9.82. The highest BCUT2D eigenvalue weighted by atomic mass is 35.5. The summed E-state index contributed by atoms with van der Waals surface area (Å²) in [4.78, 5) is 12.6. The van der Waals surface area contributed by atoms with E-state index in [0.29, 0.717) is 16.4 Å². The van der Waals surface area contributed by atoms with E-state index < -0.39 is 0 Å². The standard InChI is InChI=1S/C17H17ClN2O/c18-15-10-12(19)8-9-16(15)20-17(21)14-7-3-5-11-4-1-2-6-13(11)14/h1-2,4,6,8-10,14H,3,5,7,19H2,(H,20,21). The van der Waals surface area contributed by atoms with E-state index in [9.17, 15) is 4.79 Å². The number of nitrogen functional groups attached to an aromatic ring is 1. The van der Waals surface area contributed by atoms with E-state index >= 15 is 0 Å². The molecule has 0 aromatic heterocycles. The van der Waals surface area contributed by atoms with Gasteiger partial charge in [-0.25, -0.2) is 0 Å². The van der Waals surface area contributed by atoms with Gasteiger partial charge in [-0.3, -0.25) is 4.79 Å². The van der Waals surface area contributed by atoms with Crippen molar-refractivity contribution in [2.75, 3.05) is 11.1 Å². The summed E-state index contributed by atoms with van der Waals surface area (Å²) >= 11 is 6.12. The van der Waals surface area contributed by atoms with Crippen molar-refractivity contribution in [2.24, 2.45) is 0 Å². The number of carbonyl (C=O) groups excluding carboxylic acids is 1. The molecule has 1 atom stereocenters. The van der Waals surface area contributed by atoms with Crippen molar-refractivity contribution in [2.45, 2.75) is 25.2 Å². The number of benzene rings is 2. The van der Waals surface area contributed by atoms with Gasteiger partial charge in [-0.1, -0.05) is 35.9 Å². The molecule has 0 heterocycles. The topological polar surface area (TPSA) is 55.1 Å². The fourth-order valence-electron chi connectivity index (χ4n) is 2.88. The Morgan fingerprint density at radius 2 is 2.05 bits per heavy atom. The molecule has 1 amide bonds. The number of nitrogens with one attached hydrogen (secondary N) is 1. The highest BCUT2D eigenvalue weighted by Crippen LogP contribution is 2.33. The van der Waals surface area contributed by atoms with Crippen molar-refractivity contribution in [1.29, 1.82) is 0 Å². The van der Waals surface area contributed by atoms with E-state index in [1.807, 2.05) is 18.2 Å². The molecule has 0 radical (unpaired) electrons. The van der Waals surface area contributed by atoms with E-state index in [4.69, 9.17) is 17.3 Å². The Morgan fingerprint density at radius 1 is 1.24 bits per heavy atom. The predicted octanol–water partition coefficient (Wildman–Crippen LogP) is 3.98. The van der Waals surface area contributed by atoms with E-state index in [-0.39, 0.29) is 11.8 Å². The third-order valence-corrected chi connectivity index (χ3v) is 4.25. The number of anilines is 2. The molecule has 0 saturated carbocycles. The minimum Gasteiger partial charge on any atom is -0.399 e. The van der Waals surface area contributed by atoms with Crippen LogP contribution >= 0.6 is 11.6 Å². The maximum absolute atomic E-state index is 12.6. The maximum Gasteiger partial charge on any atom is 0.231 e. The van der Waals surface area contributed by atoms with Gasteiger partial charge in [0.15, 0.2) is 0 Å². The molecule has 21 heavy (non-hydrogen) atoms. The number of halogens is 1. The maximum atomic E-state index is 12.6. The van der Waals surface area contributed by atoms with Gasteiger partial charge in [0.1, 0.15) is 0 Å². The number of amides is 1. The van der Waals surface area contributed by atoms with Crippen LogP contribution in [0.25, 0.3) is 0 Å². The normalized spacial score (nSPS) is 17.1. The molecule has 2 aromatic carbocycles. The van der Waals surface area contributed by atoms with Crippen LogP contribution in [-0.2, 0) is 11.2 Å². The molecule has 3 N–H and O–H groups in total. The summed E-state index contributed by atoms with van der Waals surface area (Å²) < 4.78 is 0. The summed E-state index contributed by atoms with van der Waals surface area (Å²) in [7, 11) is 0. The van der Waals surface area contributed by atoms with Gasteiger partial charge in [0, 0.05) is 5.69 Å². The Hall–Kier alpha value is -2.00. The van der Waals surface area contributed by atoms with Crippen LogP contribution < -0.4 is 11.1 Å². The summed E-state index contributed by atoms with van der Waals surface area (Å²) in [6.07, 6.45) is 2.95. The number of fused-ring (bicyclic) bond motifs is 1. The molecule has 0 spiro atoms. The molecule has 1 aliphatic rings. The second-order valence-corrected chi connectivity index (χ2v) is 5.78. The molecule has 4 heteroatoms. The smallest absolute Gasteiger partial charge is 0.231 e. The molecule has 0 fully saturated rings. The van der Waals surface area contributed by atoms with Crippen LogP contribution in [0.2, 0.25) is 5.02 Å². The van der Waals surface area contributed by atoms with Gasteiger partial charge >= 0.3 is 0 Å². The van der Waals surface area contributed by atoms with Crippen LogP contribution in [0.4, 0.5) is 11.4 Å². The van der Waals surface area contributed by atoms with Crippen molar-refractivity contribution >= 4 is 28.9 Å². The van der Waals surface area contributed by atoms with Gasteiger partial charge in [0.2, 0.25) is 5.91 Å². The fourth-order valence-corrected chi connectivity index (χ4v) is 3.12. The zero-order valence-corrected chi connectivity index (χ0v) is 12.4. The quantitative estimate of drug-likeness (QED) is 0.824. The Balaban J connectivity index is 1.83. The number of hydrogen-bond acceptors (Lipinski definition) is 2. The van der Waals surface area contributed by atoms with Gasteiger partial charge in [-0.2, -0.15) is 0 Å². The second-order valence-electron chi connectivity index (χ2n) is 5.37. The van der Waals surface area contributed by atoms with Crippen LogP contribution in [0.1, 0.15) is 29.9 Å². The Morgan fingerprint density at radius 3 is 2.86 bits per heavy atom. The SMILES string of the molecule is Nc1ccc(NC(=O)C2CCCc3ccccc32)c(Cl)c1. The van der Waals surface area contributed by atoms with Gasteiger partial charge in [0.05, 0.1) is 16.6 Å². The molecule has 1 aliphatic carbocycles. The molecule has 0 bridgehead atoms. The Bertz CT molecular complexity index is 684. The van der Waals surface area contributed by atoms with Gasteiger partial charge in [-0.05, 0) is 48.6 Å². The molecule has 3 rings (SSSR count). The number of carbonyl (C=O) groups is 1. The summed E-state index contributed by atoms with van der Waals surface area (Å²) in [5.74, 6) is -0.114. The number of nitrogens with two attached hydrogens (primary N) is 1. The first-order valence-corrected chi connectivity index (χ1v) is 7.46. The summed E-state index contributed by atoms with van der Waals surface area (Å²) in [5, 5.41) is 3.39.